The molecule has 0 aliphatic heterocycles. The van der Waals surface area contributed by atoms with Gasteiger partial charge in [0.05, 0.1) is 12.3 Å². The molecule has 0 aromatic heterocycles. The number of nitrogens with zero attached hydrogens (tertiary/aromatic N) is 3. The third-order valence-electron chi connectivity index (χ3n) is 2.21. The third-order valence-corrected chi connectivity index (χ3v) is 2.21. The SMILES string of the molecule is CN(CCO)c1ccc(N=C(N)N=C(N)N)cc1. The van der Waals surface area contributed by atoms with Gasteiger partial charge in [-0.3, -0.25) is 0 Å². The van der Waals surface area contributed by atoms with Gasteiger partial charge in [0.25, 0.3) is 0 Å². The number of rotatable bonds is 4. The first-order valence-electron chi connectivity index (χ1n) is 5.39. The normalized spacial score (nSPS) is 11.1. The molecule has 0 saturated heterocycles. The molecule has 0 bridgehead atoms. The maximum Gasteiger partial charge on any atom is 0.223 e. The highest BCUT2D eigenvalue weighted by Gasteiger charge is 1.99. The number of aliphatic hydroxyl groups excluding tert-OH is 1. The second-order valence-corrected chi connectivity index (χ2v) is 3.67. The summed E-state index contributed by atoms with van der Waals surface area (Å²) in [5.41, 5.74) is 17.5. The van der Waals surface area contributed by atoms with E-state index in [9.17, 15) is 0 Å². The first-order valence-corrected chi connectivity index (χ1v) is 5.39. The van der Waals surface area contributed by atoms with E-state index >= 15 is 0 Å². The van der Waals surface area contributed by atoms with Crippen LogP contribution in [0.4, 0.5) is 11.4 Å². The molecule has 1 aromatic rings. The van der Waals surface area contributed by atoms with Crippen LogP contribution in [0, 0.1) is 0 Å². The van der Waals surface area contributed by atoms with Crippen LogP contribution in [0.3, 0.4) is 0 Å². The van der Waals surface area contributed by atoms with Crippen LogP contribution in [0.25, 0.3) is 0 Å². The number of aliphatic imine (C=N–C) groups is 2. The highest BCUT2D eigenvalue weighted by molar-refractivity contribution is 5.93. The summed E-state index contributed by atoms with van der Waals surface area (Å²) in [7, 11) is 1.89. The van der Waals surface area contributed by atoms with Gasteiger partial charge in [-0.05, 0) is 24.3 Å². The number of benzene rings is 1. The molecule has 7 heteroatoms. The lowest BCUT2D eigenvalue weighted by Crippen LogP contribution is -2.26. The van der Waals surface area contributed by atoms with Crippen molar-refractivity contribution < 1.29 is 5.11 Å². The first kappa shape index (κ1) is 13.8. The van der Waals surface area contributed by atoms with Gasteiger partial charge in [-0.25, -0.2) is 4.99 Å². The van der Waals surface area contributed by atoms with Crippen LogP contribution < -0.4 is 22.1 Å². The smallest absolute Gasteiger partial charge is 0.223 e. The number of aliphatic hydroxyl groups is 1. The molecule has 98 valence electrons. The van der Waals surface area contributed by atoms with Crippen LogP contribution in [-0.2, 0) is 0 Å². The van der Waals surface area contributed by atoms with Gasteiger partial charge in [0.15, 0.2) is 5.96 Å². The zero-order valence-corrected chi connectivity index (χ0v) is 10.2. The van der Waals surface area contributed by atoms with Crippen molar-refractivity contribution in [3.63, 3.8) is 0 Å². The van der Waals surface area contributed by atoms with Crippen molar-refractivity contribution >= 4 is 23.3 Å². The van der Waals surface area contributed by atoms with Gasteiger partial charge in [-0.15, -0.1) is 0 Å². The van der Waals surface area contributed by atoms with Crippen molar-refractivity contribution in [2.75, 3.05) is 25.1 Å². The largest absolute Gasteiger partial charge is 0.395 e. The predicted molar refractivity (Wildman–Crippen MR) is 73.9 cm³/mol. The van der Waals surface area contributed by atoms with Crippen LogP contribution in [0.5, 0.6) is 0 Å². The molecule has 0 aliphatic rings. The number of hydrogen-bond donors (Lipinski definition) is 4. The molecule has 0 atom stereocenters. The standard InChI is InChI=1S/C11H18N6O/c1-17(6-7-18)9-4-2-8(3-5-9)15-11(14)16-10(12)13/h2-5,18H,6-7H2,1H3,(H6,12,13,14,15,16). The summed E-state index contributed by atoms with van der Waals surface area (Å²) < 4.78 is 0. The number of nitrogens with two attached hydrogens (primary N) is 3. The van der Waals surface area contributed by atoms with Crippen molar-refractivity contribution in [2.45, 2.75) is 0 Å². The van der Waals surface area contributed by atoms with Gasteiger partial charge in [0, 0.05) is 19.3 Å². The number of hydrogen-bond acceptors (Lipinski definition) is 3. The third kappa shape index (κ3) is 4.30. The molecule has 1 rings (SSSR count). The van der Waals surface area contributed by atoms with Gasteiger partial charge in [-0.2, -0.15) is 4.99 Å². The summed E-state index contributed by atoms with van der Waals surface area (Å²) in [6.07, 6.45) is 0. The Labute approximate surface area is 106 Å². The molecular weight excluding hydrogens is 232 g/mol. The van der Waals surface area contributed by atoms with E-state index in [1.54, 1.807) is 12.1 Å². The van der Waals surface area contributed by atoms with E-state index in [2.05, 4.69) is 9.98 Å². The first-order chi connectivity index (χ1) is 8.52. The minimum atomic E-state index is -0.129. The van der Waals surface area contributed by atoms with Crippen molar-refractivity contribution in [3.05, 3.63) is 24.3 Å². The second kappa shape index (κ2) is 6.45. The Morgan fingerprint density at radius 2 is 1.83 bits per heavy atom. The van der Waals surface area contributed by atoms with Gasteiger partial charge in [-0.1, -0.05) is 0 Å². The number of anilines is 1. The monoisotopic (exact) mass is 250 g/mol. The maximum absolute atomic E-state index is 8.84. The van der Waals surface area contributed by atoms with Gasteiger partial charge in [0.2, 0.25) is 5.96 Å². The van der Waals surface area contributed by atoms with E-state index in [0.717, 1.165) is 5.69 Å². The Morgan fingerprint density at radius 3 is 2.33 bits per heavy atom. The average molecular weight is 250 g/mol. The minimum Gasteiger partial charge on any atom is -0.395 e. The summed E-state index contributed by atoms with van der Waals surface area (Å²) in [6, 6.07) is 7.32. The maximum atomic E-state index is 8.84. The van der Waals surface area contributed by atoms with Crippen molar-refractivity contribution in [1.82, 2.24) is 0 Å². The van der Waals surface area contributed by atoms with Crippen molar-refractivity contribution in [1.29, 1.82) is 0 Å². The summed E-state index contributed by atoms with van der Waals surface area (Å²) in [6.45, 7) is 0.673. The zero-order valence-electron chi connectivity index (χ0n) is 10.2. The molecule has 0 spiro atoms. The Bertz CT molecular complexity index is 435. The predicted octanol–water partition coefficient (Wildman–Crippen LogP) is -0.665. The second-order valence-electron chi connectivity index (χ2n) is 3.67. The Morgan fingerprint density at radius 1 is 1.22 bits per heavy atom. The molecular formula is C11H18N6O. The quantitative estimate of drug-likeness (QED) is 0.416. The van der Waals surface area contributed by atoms with E-state index in [-0.39, 0.29) is 18.5 Å². The highest BCUT2D eigenvalue weighted by Crippen LogP contribution is 2.18. The van der Waals surface area contributed by atoms with Crippen molar-refractivity contribution in [3.8, 4) is 0 Å². The molecule has 7 N–H and O–H groups in total. The van der Waals surface area contributed by atoms with Crippen LogP contribution in [0.15, 0.2) is 34.3 Å². The molecule has 0 aliphatic carbocycles. The van der Waals surface area contributed by atoms with Crippen LogP contribution in [0.1, 0.15) is 0 Å². The minimum absolute atomic E-state index is 0.00598. The fraction of sp³-hybridized carbons (Fsp3) is 0.273. The molecule has 0 saturated carbocycles. The molecule has 1 aromatic carbocycles. The van der Waals surface area contributed by atoms with Crippen LogP contribution >= 0.6 is 0 Å². The summed E-state index contributed by atoms with van der Waals surface area (Å²) in [5, 5.41) is 8.84. The van der Waals surface area contributed by atoms with Gasteiger partial charge < -0.3 is 27.2 Å². The lowest BCUT2D eigenvalue weighted by atomic mass is 10.2. The fourth-order valence-electron chi connectivity index (χ4n) is 1.35. The Hall–Kier alpha value is -2.28. The summed E-state index contributed by atoms with van der Waals surface area (Å²) >= 11 is 0. The van der Waals surface area contributed by atoms with E-state index in [0.29, 0.717) is 12.2 Å². The average Bonchev–Trinajstić information content (AvgIpc) is 2.29. The topological polar surface area (TPSA) is 126 Å². The molecule has 0 heterocycles. The van der Waals surface area contributed by atoms with Gasteiger partial charge in [0.1, 0.15) is 0 Å². The van der Waals surface area contributed by atoms with E-state index in [1.165, 1.54) is 0 Å². The molecule has 0 radical (unpaired) electrons. The van der Waals surface area contributed by atoms with Crippen LogP contribution in [-0.4, -0.2) is 37.2 Å². The Balaban J connectivity index is 2.80. The molecule has 7 nitrogen and oxygen atoms in total. The summed E-state index contributed by atoms with van der Waals surface area (Å²) in [5.74, 6) is -0.123. The fourth-order valence-corrected chi connectivity index (χ4v) is 1.35. The lowest BCUT2D eigenvalue weighted by Gasteiger charge is -2.17. The van der Waals surface area contributed by atoms with E-state index in [1.807, 2.05) is 24.1 Å². The van der Waals surface area contributed by atoms with Gasteiger partial charge >= 0.3 is 0 Å². The van der Waals surface area contributed by atoms with E-state index in [4.69, 9.17) is 22.3 Å². The number of likely N-dealkylation sites (N-methyl/N-ethyl adjacent to an activating group) is 1. The van der Waals surface area contributed by atoms with Crippen LogP contribution in [0.2, 0.25) is 0 Å². The molecule has 0 unspecified atom stereocenters. The molecule has 18 heavy (non-hydrogen) atoms. The van der Waals surface area contributed by atoms with Crippen molar-refractivity contribution in [2.24, 2.45) is 27.2 Å². The highest BCUT2D eigenvalue weighted by atomic mass is 16.3. The summed E-state index contributed by atoms with van der Waals surface area (Å²) in [4.78, 5) is 9.56. The zero-order chi connectivity index (χ0) is 13.5. The lowest BCUT2D eigenvalue weighted by molar-refractivity contribution is 0.304. The molecule has 0 fully saturated rings. The van der Waals surface area contributed by atoms with E-state index < -0.39 is 0 Å². The molecule has 0 amide bonds. The Kier molecular flexibility index (Phi) is 4.94. The number of guanidine groups is 2.